The SMILES string of the molecule is CCS(=O)(=O)N1CCN(CC2CN(c3ccc(C(=N)N)cc3)C(=O)O2)CC1. The molecular formula is C17H25N5O4S. The lowest BCUT2D eigenvalue weighted by molar-refractivity contribution is 0.0938. The average molecular weight is 395 g/mol. The van der Waals surface area contributed by atoms with Crippen LogP contribution < -0.4 is 10.6 Å². The fraction of sp³-hybridized carbons (Fsp3) is 0.529. The summed E-state index contributed by atoms with van der Waals surface area (Å²) in [6.07, 6.45) is -0.665. The molecule has 0 aromatic heterocycles. The quantitative estimate of drug-likeness (QED) is 0.527. The lowest BCUT2D eigenvalue weighted by Gasteiger charge is -2.34. The number of carbonyl (C=O) groups excluding carboxylic acids is 1. The molecule has 9 nitrogen and oxygen atoms in total. The highest BCUT2D eigenvalue weighted by Gasteiger charge is 2.34. The number of nitrogens with two attached hydrogens (primary N) is 1. The number of piperazine rings is 1. The molecule has 1 amide bonds. The number of nitrogens with one attached hydrogen (secondary N) is 1. The topological polar surface area (TPSA) is 120 Å². The lowest BCUT2D eigenvalue weighted by Crippen LogP contribution is -2.51. The smallest absolute Gasteiger partial charge is 0.414 e. The molecule has 0 bridgehead atoms. The Morgan fingerprint density at radius 1 is 1.22 bits per heavy atom. The molecule has 0 spiro atoms. The predicted molar refractivity (Wildman–Crippen MR) is 103 cm³/mol. The van der Waals surface area contributed by atoms with Crippen LogP contribution in [0, 0.1) is 5.41 Å². The molecule has 2 aliphatic heterocycles. The number of amides is 1. The molecule has 2 aliphatic rings. The van der Waals surface area contributed by atoms with Gasteiger partial charge in [-0.25, -0.2) is 13.2 Å². The zero-order valence-corrected chi connectivity index (χ0v) is 16.1. The second-order valence-corrected chi connectivity index (χ2v) is 8.93. The molecule has 1 unspecified atom stereocenters. The second-order valence-electron chi connectivity index (χ2n) is 6.68. The van der Waals surface area contributed by atoms with Crippen LogP contribution in [0.4, 0.5) is 10.5 Å². The second kappa shape index (κ2) is 7.83. The highest BCUT2D eigenvalue weighted by Crippen LogP contribution is 2.23. The van der Waals surface area contributed by atoms with Gasteiger partial charge in [0.2, 0.25) is 10.0 Å². The van der Waals surface area contributed by atoms with E-state index in [-0.39, 0.29) is 17.7 Å². The predicted octanol–water partition coefficient (Wildman–Crippen LogP) is 0.263. The van der Waals surface area contributed by atoms with Gasteiger partial charge in [0.1, 0.15) is 11.9 Å². The van der Waals surface area contributed by atoms with Crippen molar-refractivity contribution in [1.82, 2.24) is 9.21 Å². The zero-order chi connectivity index (χ0) is 19.6. The summed E-state index contributed by atoms with van der Waals surface area (Å²) in [6.45, 7) is 4.85. The number of amidine groups is 1. The Kier molecular flexibility index (Phi) is 5.68. The first-order valence-corrected chi connectivity index (χ1v) is 10.5. The Morgan fingerprint density at radius 3 is 2.41 bits per heavy atom. The molecule has 10 heteroatoms. The number of nitrogen functional groups attached to an aromatic ring is 1. The summed E-state index contributed by atoms with van der Waals surface area (Å²) >= 11 is 0. The number of ether oxygens (including phenoxy) is 1. The van der Waals surface area contributed by atoms with Gasteiger partial charge >= 0.3 is 6.09 Å². The fourth-order valence-electron chi connectivity index (χ4n) is 3.31. The minimum absolute atomic E-state index is 0.0207. The lowest BCUT2D eigenvalue weighted by atomic mass is 10.2. The van der Waals surface area contributed by atoms with Gasteiger partial charge in [0.05, 0.1) is 12.3 Å². The molecule has 1 aromatic rings. The van der Waals surface area contributed by atoms with Gasteiger partial charge in [-0.15, -0.1) is 0 Å². The Bertz CT molecular complexity index is 803. The molecule has 0 aliphatic carbocycles. The summed E-state index contributed by atoms with van der Waals surface area (Å²) in [5.74, 6) is 0.0950. The third kappa shape index (κ3) is 4.40. The van der Waals surface area contributed by atoms with Crippen LogP contribution in [0.2, 0.25) is 0 Å². The molecule has 0 radical (unpaired) electrons. The summed E-state index contributed by atoms with van der Waals surface area (Å²) in [5.41, 5.74) is 6.75. The molecule has 1 aromatic carbocycles. The van der Waals surface area contributed by atoms with E-state index in [2.05, 4.69) is 4.90 Å². The average Bonchev–Trinajstić information content (AvgIpc) is 3.02. The first-order valence-electron chi connectivity index (χ1n) is 8.93. The van der Waals surface area contributed by atoms with Crippen molar-refractivity contribution in [3.63, 3.8) is 0 Å². The molecule has 27 heavy (non-hydrogen) atoms. The van der Waals surface area contributed by atoms with E-state index in [0.29, 0.717) is 50.5 Å². The molecule has 2 saturated heterocycles. The molecule has 0 saturated carbocycles. The van der Waals surface area contributed by atoms with E-state index in [1.54, 1.807) is 36.1 Å². The van der Waals surface area contributed by atoms with Crippen LogP contribution in [0.3, 0.4) is 0 Å². The van der Waals surface area contributed by atoms with Gasteiger partial charge in [0.25, 0.3) is 0 Å². The van der Waals surface area contributed by atoms with E-state index < -0.39 is 16.1 Å². The first kappa shape index (κ1) is 19.6. The molecule has 1 atom stereocenters. The minimum atomic E-state index is -3.15. The van der Waals surface area contributed by atoms with Gasteiger partial charge in [-0.05, 0) is 31.2 Å². The van der Waals surface area contributed by atoms with Gasteiger partial charge in [-0.3, -0.25) is 15.2 Å². The Hall–Kier alpha value is -2.17. The molecule has 2 fully saturated rings. The summed E-state index contributed by atoms with van der Waals surface area (Å²) in [6, 6.07) is 6.89. The number of rotatable bonds is 6. The maximum absolute atomic E-state index is 12.2. The van der Waals surface area contributed by atoms with Gasteiger partial charge in [-0.2, -0.15) is 4.31 Å². The summed E-state index contributed by atoms with van der Waals surface area (Å²) < 4.78 is 30.8. The van der Waals surface area contributed by atoms with E-state index in [9.17, 15) is 13.2 Å². The normalized spacial score (nSPS) is 22.0. The van der Waals surface area contributed by atoms with Crippen molar-refractivity contribution in [3.05, 3.63) is 29.8 Å². The molecule has 3 rings (SSSR count). The standard InChI is InChI=1S/C17H25N5O4S/c1-2-27(24,25)21-9-7-20(8-10-21)11-15-12-22(17(23)26-15)14-5-3-13(4-6-14)16(18)19/h3-6,15H,2,7-12H2,1H3,(H3,18,19). The van der Waals surface area contributed by atoms with E-state index in [1.807, 2.05) is 0 Å². The number of carbonyl (C=O) groups is 1. The van der Waals surface area contributed by atoms with Gasteiger partial charge < -0.3 is 10.5 Å². The molecule has 148 valence electrons. The zero-order valence-electron chi connectivity index (χ0n) is 15.3. The van der Waals surface area contributed by atoms with Crippen LogP contribution in [0.1, 0.15) is 12.5 Å². The number of cyclic esters (lactones) is 1. The summed E-state index contributed by atoms with van der Waals surface area (Å²) in [4.78, 5) is 15.9. The van der Waals surface area contributed by atoms with Crippen molar-refractivity contribution in [2.24, 2.45) is 5.73 Å². The summed E-state index contributed by atoms with van der Waals surface area (Å²) in [7, 11) is -3.15. The number of nitrogens with zero attached hydrogens (tertiary/aromatic N) is 3. The fourth-order valence-corrected chi connectivity index (χ4v) is 4.39. The maximum atomic E-state index is 12.2. The van der Waals surface area contributed by atoms with Crippen molar-refractivity contribution in [2.75, 3.05) is 49.9 Å². The molecular weight excluding hydrogens is 370 g/mol. The number of hydrogen-bond acceptors (Lipinski definition) is 6. The van der Waals surface area contributed by atoms with Crippen LogP contribution in [-0.4, -0.2) is 80.7 Å². The van der Waals surface area contributed by atoms with Crippen LogP contribution in [0.15, 0.2) is 24.3 Å². The van der Waals surface area contributed by atoms with Gasteiger partial charge in [0, 0.05) is 44.0 Å². The van der Waals surface area contributed by atoms with Crippen LogP contribution in [0.5, 0.6) is 0 Å². The highest BCUT2D eigenvalue weighted by molar-refractivity contribution is 7.89. The van der Waals surface area contributed by atoms with E-state index in [1.165, 1.54) is 4.31 Å². The monoisotopic (exact) mass is 395 g/mol. The van der Waals surface area contributed by atoms with Gasteiger partial charge in [-0.1, -0.05) is 0 Å². The third-order valence-corrected chi connectivity index (χ3v) is 6.80. The van der Waals surface area contributed by atoms with Crippen molar-refractivity contribution in [1.29, 1.82) is 5.41 Å². The van der Waals surface area contributed by atoms with Crippen molar-refractivity contribution in [2.45, 2.75) is 13.0 Å². The number of sulfonamides is 1. The highest BCUT2D eigenvalue weighted by atomic mass is 32.2. The summed E-state index contributed by atoms with van der Waals surface area (Å²) in [5, 5.41) is 7.42. The van der Waals surface area contributed by atoms with Crippen molar-refractivity contribution in [3.8, 4) is 0 Å². The van der Waals surface area contributed by atoms with Crippen LogP contribution >= 0.6 is 0 Å². The minimum Gasteiger partial charge on any atom is -0.443 e. The molecule has 2 heterocycles. The number of hydrogen-bond donors (Lipinski definition) is 2. The van der Waals surface area contributed by atoms with E-state index in [4.69, 9.17) is 15.9 Å². The van der Waals surface area contributed by atoms with Gasteiger partial charge in [0.15, 0.2) is 0 Å². The van der Waals surface area contributed by atoms with E-state index >= 15 is 0 Å². The Morgan fingerprint density at radius 2 is 1.85 bits per heavy atom. The van der Waals surface area contributed by atoms with Crippen LogP contribution in [0.25, 0.3) is 0 Å². The van der Waals surface area contributed by atoms with Crippen molar-refractivity contribution < 1.29 is 17.9 Å². The van der Waals surface area contributed by atoms with Crippen molar-refractivity contribution >= 4 is 27.6 Å². The Labute approximate surface area is 159 Å². The molecule has 3 N–H and O–H groups in total. The number of anilines is 1. The number of benzene rings is 1. The van der Waals surface area contributed by atoms with E-state index in [0.717, 1.165) is 0 Å². The maximum Gasteiger partial charge on any atom is 0.414 e. The first-order chi connectivity index (χ1) is 12.8. The van der Waals surface area contributed by atoms with Crippen LogP contribution in [-0.2, 0) is 14.8 Å². The largest absolute Gasteiger partial charge is 0.443 e. The third-order valence-electron chi connectivity index (χ3n) is 4.92. The Balaban J connectivity index is 1.55.